The first-order chi connectivity index (χ1) is 19.1. The third-order valence-electron chi connectivity index (χ3n) is 6.91. The first-order valence-corrected chi connectivity index (χ1v) is 15.7. The SMILES string of the molecule is CCc1c(N2CCOCC2=O)cccc1S(=O)(=O)N[C@@H](CNC(=O)c1ccc(Cl)s1)C(=O)N1CCC[C@H](OC)C1. The van der Waals surface area contributed by atoms with Gasteiger partial charge in [-0.15, -0.1) is 11.3 Å². The van der Waals surface area contributed by atoms with Gasteiger partial charge < -0.3 is 24.6 Å². The number of amides is 3. The lowest BCUT2D eigenvalue weighted by molar-refractivity contribution is -0.136. The van der Waals surface area contributed by atoms with E-state index < -0.39 is 27.9 Å². The molecular formula is C26H33ClN4O7S2. The number of nitrogens with one attached hydrogen (secondary N) is 2. The Kier molecular flexibility index (Phi) is 10.2. The van der Waals surface area contributed by atoms with Crippen LogP contribution in [0.3, 0.4) is 0 Å². The van der Waals surface area contributed by atoms with Gasteiger partial charge in [0.25, 0.3) is 11.8 Å². The van der Waals surface area contributed by atoms with Gasteiger partial charge in [0.15, 0.2) is 0 Å². The van der Waals surface area contributed by atoms with E-state index in [1.165, 1.54) is 11.0 Å². The van der Waals surface area contributed by atoms with E-state index in [9.17, 15) is 22.8 Å². The first kappa shape index (κ1) is 30.4. The van der Waals surface area contributed by atoms with Crippen molar-refractivity contribution in [3.8, 4) is 0 Å². The summed E-state index contributed by atoms with van der Waals surface area (Å²) in [5.74, 6) is -1.19. The second kappa shape index (κ2) is 13.4. The average Bonchev–Trinajstić information content (AvgIpc) is 3.40. The number of carbonyl (C=O) groups is 3. The van der Waals surface area contributed by atoms with Crippen molar-refractivity contribution in [3.63, 3.8) is 0 Å². The summed E-state index contributed by atoms with van der Waals surface area (Å²) in [5, 5.41) is 2.67. The summed E-state index contributed by atoms with van der Waals surface area (Å²) in [6.45, 7) is 2.85. The maximum Gasteiger partial charge on any atom is 0.261 e. The topological polar surface area (TPSA) is 134 Å². The molecule has 2 fully saturated rings. The first-order valence-electron chi connectivity index (χ1n) is 13.0. The van der Waals surface area contributed by atoms with Crippen LogP contribution in [0.4, 0.5) is 5.69 Å². The number of ether oxygens (including phenoxy) is 2. The van der Waals surface area contributed by atoms with Crippen LogP contribution in [-0.4, -0.2) is 89.7 Å². The number of hydrogen-bond acceptors (Lipinski definition) is 8. The highest BCUT2D eigenvalue weighted by atomic mass is 35.5. The second-order valence-corrected chi connectivity index (χ2v) is 12.9. The summed E-state index contributed by atoms with van der Waals surface area (Å²) in [5.41, 5.74) is 0.939. The maximum atomic E-state index is 13.8. The van der Waals surface area contributed by atoms with Gasteiger partial charge >= 0.3 is 0 Å². The zero-order valence-corrected chi connectivity index (χ0v) is 24.7. The standard InChI is InChI=1S/C26H33ClN4O7S2/c1-3-18-20(31-12-13-38-16-24(31)32)7-4-8-22(18)40(35,36)29-19(14-28-25(33)21-9-10-23(27)39-21)26(34)30-11-5-6-17(15-30)37-2/h4,7-10,17,19,29H,3,5-6,11-16H2,1-2H3,(H,28,33)/t17-,19-/m0/s1. The lowest BCUT2D eigenvalue weighted by Crippen LogP contribution is -2.56. The lowest BCUT2D eigenvalue weighted by atomic mass is 10.1. The largest absolute Gasteiger partial charge is 0.380 e. The highest BCUT2D eigenvalue weighted by Crippen LogP contribution is 2.29. The molecule has 2 aliphatic heterocycles. The molecule has 0 aliphatic carbocycles. The molecule has 1 aromatic carbocycles. The number of hydrogen-bond donors (Lipinski definition) is 2. The highest BCUT2D eigenvalue weighted by Gasteiger charge is 2.34. The van der Waals surface area contributed by atoms with Crippen molar-refractivity contribution in [2.75, 3.05) is 51.4 Å². The fourth-order valence-corrected chi connectivity index (χ4v) is 7.36. The molecule has 2 saturated heterocycles. The zero-order chi connectivity index (χ0) is 28.9. The molecule has 3 heterocycles. The number of methoxy groups -OCH3 is 1. The average molecular weight is 613 g/mol. The summed E-state index contributed by atoms with van der Waals surface area (Å²) in [4.78, 5) is 42.3. The number of sulfonamides is 1. The second-order valence-electron chi connectivity index (χ2n) is 9.48. The Labute approximate surface area is 242 Å². The van der Waals surface area contributed by atoms with E-state index in [-0.39, 0.29) is 30.1 Å². The molecule has 2 aliphatic rings. The Morgan fingerprint density at radius 2 is 2.05 bits per heavy atom. The van der Waals surface area contributed by atoms with Crippen LogP contribution in [0.25, 0.3) is 0 Å². The molecule has 1 aromatic heterocycles. The van der Waals surface area contributed by atoms with Gasteiger partial charge in [0.2, 0.25) is 15.9 Å². The fourth-order valence-electron chi connectivity index (χ4n) is 4.89. The molecule has 2 aromatic rings. The minimum atomic E-state index is -4.26. The summed E-state index contributed by atoms with van der Waals surface area (Å²) in [6, 6.07) is 6.59. The molecule has 218 valence electrons. The number of thiophene rings is 1. The summed E-state index contributed by atoms with van der Waals surface area (Å²) in [7, 11) is -2.69. The number of rotatable bonds is 10. The van der Waals surface area contributed by atoms with Gasteiger partial charge in [0.1, 0.15) is 12.6 Å². The molecule has 0 saturated carbocycles. The Morgan fingerprint density at radius 1 is 1.25 bits per heavy atom. The molecule has 0 unspecified atom stereocenters. The summed E-state index contributed by atoms with van der Waals surface area (Å²) in [6.07, 6.45) is 1.67. The predicted molar refractivity (Wildman–Crippen MR) is 151 cm³/mol. The van der Waals surface area contributed by atoms with Gasteiger partial charge in [0, 0.05) is 39.0 Å². The zero-order valence-electron chi connectivity index (χ0n) is 22.4. The quantitative estimate of drug-likeness (QED) is 0.419. The number of anilines is 1. The maximum absolute atomic E-state index is 13.8. The number of carbonyl (C=O) groups excluding carboxylic acids is 3. The van der Waals surface area contributed by atoms with Crippen molar-refractivity contribution >= 4 is 56.4 Å². The molecule has 0 spiro atoms. The van der Waals surface area contributed by atoms with E-state index in [2.05, 4.69) is 10.0 Å². The Hall–Kier alpha value is -2.55. The number of benzene rings is 1. The normalized spacial score (nSPS) is 19.0. The molecule has 11 nitrogen and oxygen atoms in total. The molecular weight excluding hydrogens is 580 g/mol. The molecule has 2 N–H and O–H groups in total. The van der Waals surface area contributed by atoms with Crippen LogP contribution in [0.2, 0.25) is 4.34 Å². The van der Waals surface area contributed by atoms with Crippen LogP contribution >= 0.6 is 22.9 Å². The van der Waals surface area contributed by atoms with E-state index in [1.807, 2.05) is 0 Å². The van der Waals surface area contributed by atoms with Crippen molar-refractivity contribution in [2.45, 2.75) is 43.2 Å². The third kappa shape index (κ3) is 7.01. The number of nitrogens with zero attached hydrogens (tertiary/aromatic N) is 2. The third-order valence-corrected chi connectivity index (χ3v) is 9.70. The minimum Gasteiger partial charge on any atom is -0.380 e. The van der Waals surface area contributed by atoms with E-state index >= 15 is 0 Å². The predicted octanol–water partition coefficient (Wildman–Crippen LogP) is 2.04. The van der Waals surface area contributed by atoms with Gasteiger partial charge in [-0.3, -0.25) is 14.4 Å². The number of likely N-dealkylation sites (tertiary alicyclic amines) is 1. The fraction of sp³-hybridized carbons (Fsp3) is 0.500. The highest BCUT2D eigenvalue weighted by molar-refractivity contribution is 7.89. The van der Waals surface area contributed by atoms with E-state index in [0.29, 0.717) is 59.5 Å². The smallest absolute Gasteiger partial charge is 0.261 e. The van der Waals surface area contributed by atoms with Gasteiger partial charge in [-0.05, 0) is 49.1 Å². The van der Waals surface area contributed by atoms with Crippen LogP contribution in [0.5, 0.6) is 0 Å². The minimum absolute atomic E-state index is 0.0330. The Bertz CT molecular complexity index is 1350. The van der Waals surface area contributed by atoms with Crippen molar-refractivity contribution in [3.05, 3.63) is 45.1 Å². The van der Waals surface area contributed by atoms with Crippen LogP contribution in [0.1, 0.15) is 35.0 Å². The summed E-state index contributed by atoms with van der Waals surface area (Å²) >= 11 is 7.03. The molecule has 0 bridgehead atoms. The molecule has 4 rings (SSSR count). The van der Waals surface area contributed by atoms with Crippen LogP contribution in [0.15, 0.2) is 35.2 Å². The lowest BCUT2D eigenvalue weighted by Gasteiger charge is -2.34. The van der Waals surface area contributed by atoms with Crippen molar-refractivity contribution in [1.82, 2.24) is 14.9 Å². The Balaban J connectivity index is 1.62. The monoisotopic (exact) mass is 612 g/mol. The van der Waals surface area contributed by atoms with E-state index in [4.69, 9.17) is 21.1 Å². The van der Waals surface area contributed by atoms with Crippen molar-refractivity contribution in [2.24, 2.45) is 0 Å². The number of halogens is 1. The van der Waals surface area contributed by atoms with Crippen LogP contribution < -0.4 is 14.9 Å². The van der Waals surface area contributed by atoms with Gasteiger partial charge in [-0.2, -0.15) is 4.72 Å². The van der Waals surface area contributed by atoms with Crippen LogP contribution in [0, 0.1) is 0 Å². The summed E-state index contributed by atoms with van der Waals surface area (Å²) < 4.78 is 41.2. The van der Waals surface area contributed by atoms with Gasteiger partial charge in [0.05, 0.1) is 26.8 Å². The van der Waals surface area contributed by atoms with E-state index in [0.717, 1.165) is 17.8 Å². The van der Waals surface area contributed by atoms with Crippen molar-refractivity contribution < 1.29 is 32.3 Å². The van der Waals surface area contributed by atoms with Gasteiger partial charge in [-0.1, -0.05) is 24.6 Å². The van der Waals surface area contributed by atoms with E-state index in [1.54, 1.807) is 43.2 Å². The molecule has 0 radical (unpaired) electrons. The van der Waals surface area contributed by atoms with Gasteiger partial charge in [-0.25, -0.2) is 8.42 Å². The molecule has 14 heteroatoms. The Morgan fingerprint density at radius 3 is 2.73 bits per heavy atom. The van der Waals surface area contributed by atoms with Crippen molar-refractivity contribution in [1.29, 1.82) is 0 Å². The number of morpholine rings is 1. The number of piperidine rings is 1. The molecule has 40 heavy (non-hydrogen) atoms. The van der Waals surface area contributed by atoms with Crippen LogP contribution in [-0.2, 0) is 35.5 Å². The molecule has 2 atom stereocenters. The molecule has 3 amide bonds.